The van der Waals surface area contributed by atoms with E-state index in [1.165, 1.54) is 19.2 Å². The van der Waals surface area contributed by atoms with E-state index in [1.54, 1.807) is 18.2 Å². The predicted octanol–water partition coefficient (Wildman–Crippen LogP) is 5.50. The average Bonchev–Trinajstić information content (AvgIpc) is 2.82. The Hall–Kier alpha value is -2.84. The van der Waals surface area contributed by atoms with E-state index in [0.29, 0.717) is 12.2 Å². The molecule has 0 saturated carbocycles. The van der Waals surface area contributed by atoms with Crippen LogP contribution in [0.4, 0.5) is 19.0 Å². The summed E-state index contributed by atoms with van der Waals surface area (Å²) < 4.78 is 51.2. The van der Waals surface area contributed by atoms with Crippen molar-refractivity contribution in [1.82, 2.24) is 4.98 Å². The van der Waals surface area contributed by atoms with Crippen molar-refractivity contribution >= 4 is 16.7 Å². The van der Waals surface area contributed by atoms with Crippen LogP contribution in [0.1, 0.15) is 25.3 Å². The Labute approximate surface area is 190 Å². The van der Waals surface area contributed by atoms with E-state index in [4.69, 9.17) is 14.5 Å². The minimum Gasteiger partial charge on any atom is -0.497 e. The molecule has 1 N–H and O–H groups in total. The van der Waals surface area contributed by atoms with Crippen LogP contribution < -0.4 is 9.64 Å². The Kier molecular flexibility index (Phi) is 6.76. The minimum absolute atomic E-state index is 0.101. The van der Waals surface area contributed by atoms with Gasteiger partial charge < -0.3 is 19.5 Å². The van der Waals surface area contributed by atoms with E-state index in [2.05, 4.69) is 4.90 Å². The molecule has 5 nitrogen and oxygen atoms in total. The number of pyridine rings is 1. The number of hydrogen-bond acceptors (Lipinski definition) is 5. The molecule has 176 valence electrons. The molecule has 2 heterocycles. The van der Waals surface area contributed by atoms with Crippen LogP contribution in [0.25, 0.3) is 22.0 Å². The fourth-order valence-corrected chi connectivity index (χ4v) is 4.32. The van der Waals surface area contributed by atoms with Crippen LogP contribution in [0.2, 0.25) is 0 Å². The number of piperidine rings is 1. The van der Waals surface area contributed by atoms with Gasteiger partial charge in [-0.15, -0.1) is 0 Å². The lowest BCUT2D eigenvalue weighted by Gasteiger charge is -2.34. The van der Waals surface area contributed by atoms with Gasteiger partial charge in [-0.3, -0.25) is 0 Å². The zero-order chi connectivity index (χ0) is 23.6. The molecule has 1 aliphatic rings. The molecule has 1 fully saturated rings. The van der Waals surface area contributed by atoms with Gasteiger partial charge in [-0.1, -0.05) is 12.1 Å². The molecule has 0 amide bonds. The van der Waals surface area contributed by atoms with Crippen molar-refractivity contribution in [2.24, 2.45) is 5.92 Å². The van der Waals surface area contributed by atoms with Gasteiger partial charge in [0.05, 0.1) is 18.2 Å². The van der Waals surface area contributed by atoms with Crippen molar-refractivity contribution in [1.29, 1.82) is 0 Å². The van der Waals surface area contributed by atoms with Crippen LogP contribution in [0.15, 0.2) is 48.5 Å². The third kappa shape index (κ3) is 5.07. The van der Waals surface area contributed by atoms with Gasteiger partial charge in [0.25, 0.3) is 0 Å². The fraction of sp³-hybridized carbons (Fsp3) is 0.400. The van der Waals surface area contributed by atoms with Crippen molar-refractivity contribution in [3.05, 3.63) is 54.1 Å². The molecule has 33 heavy (non-hydrogen) atoms. The number of fused-ring (bicyclic) bond motifs is 1. The van der Waals surface area contributed by atoms with Crippen LogP contribution in [0, 0.1) is 5.92 Å². The second kappa shape index (κ2) is 9.57. The lowest BCUT2D eigenvalue weighted by Crippen LogP contribution is -2.39. The molecule has 4 rings (SSSR count). The third-order valence-corrected chi connectivity index (χ3v) is 6.12. The zero-order valence-electron chi connectivity index (χ0n) is 18.6. The number of aromatic nitrogens is 1. The predicted molar refractivity (Wildman–Crippen MR) is 121 cm³/mol. The highest BCUT2D eigenvalue weighted by Crippen LogP contribution is 2.40. The van der Waals surface area contributed by atoms with Gasteiger partial charge in [-0.2, -0.15) is 13.2 Å². The highest BCUT2D eigenvalue weighted by molar-refractivity contribution is 5.86. The summed E-state index contributed by atoms with van der Waals surface area (Å²) in [5, 5.41) is 10.8. The lowest BCUT2D eigenvalue weighted by atomic mass is 9.96. The number of ether oxygens (including phenoxy) is 2. The summed E-state index contributed by atoms with van der Waals surface area (Å²) in [5.74, 6) is 1.09. The van der Waals surface area contributed by atoms with Crippen LogP contribution in [-0.4, -0.2) is 43.2 Å². The van der Waals surface area contributed by atoms with Gasteiger partial charge in [0.2, 0.25) is 0 Å². The van der Waals surface area contributed by atoms with E-state index in [-0.39, 0.29) is 17.2 Å². The number of halogens is 3. The molecule has 1 atom stereocenters. The SMILES string of the molecule is CCOC(O)C1CCN(c2ccc3cc(-c4ccc(OC)cc4C(F)(F)F)ccc3n2)CC1. The lowest BCUT2D eigenvalue weighted by molar-refractivity contribution is -0.137. The molecule has 0 bridgehead atoms. The number of nitrogens with zero attached hydrogens (tertiary/aromatic N) is 2. The molecule has 1 aromatic heterocycles. The van der Waals surface area contributed by atoms with E-state index >= 15 is 0 Å². The molecule has 0 aliphatic carbocycles. The van der Waals surface area contributed by atoms with Crippen LogP contribution >= 0.6 is 0 Å². The molecular weight excluding hydrogens is 433 g/mol. The summed E-state index contributed by atoms with van der Waals surface area (Å²) >= 11 is 0. The first-order valence-electron chi connectivity index (χ1n) is 11.0. The molecule has 3 aromatic rings. The van der Waals surface area contributed by atoms with Gasteiger partial charge in [0.1, 0.15) is 11.6 Å². The van der Waals surface area contributed by atoms with Crippen LogP contribution in [0.3, 0.4) is 0 Å². The van der Waals surface area contributed by atoms with Gasteiger partial charge >= 0.3 is 6.18 Å². The first-order chi connectivity index (χ1) is 15.8. The van der Waals surface area contributed by atoms with Gasteiger partial charge in [-0.05, 0) is 67.3 Å². The second-order valence-corrected chi connectivity index (χ2v) is 8.16. The Morgan fingerprint density at radius 1 is 1.09 bits per heavy atom. The van der Waals surface area contributed by atoms with E-state index in [1.807, 2.05) is 19.1 Å². The maximum atomic E-state index is 13.6. The summed E-state index contributed by atoms with van der Waals surface area (Å²) in [6, 6.07) is 12.9. The molecule has 8 heteroatoms. The number of benzene rings is 2. The topological polar surface area (TPSA) is 54.8 Å². The van der Waals surface area contributed by atoms with Crippen molar-refractivity contribution < 1.29 is 27.8 Å². The molecule has 1 aliphatic heterocycles. The highest BCUT2D eigenvalue weighted by Gasteiger charge is 2.34. The van der Waals surface area contributed by atoms with E-state index in [9.17, 15) is 18.3 Å². The Morgan fingerprint density at radius 3 is 2.52 bits per heavy atom. The highest BCUT2D eigenvalue weighted by atomic mass is 19.4. The minimum atomic E-state index is -4.50. The fourth-order valence-electron chi connectivity index (χ4n) is 4.32. The number of aliphatic hydroxyl groups excluding tert-OH is 1. The maximum absolute atomic E-state index is 13.6. The monoisotopic (exact) mass is 460 g/mol. The van der Waals surface area contributed by atoms with E-state index < -0.39 is 18.0 Å². The summed E-state index contributed by atoms with van der Waals surface area (Å²) in [5.41, 5.74) is 0.555. The van der Waals surface area contributed by atoms with Crippen molar-refractivity contribution in [3.63, 3.8) is 0 Å². The van der Waals surface area contributed by atoms with Gasteiger partial charge in [-0.25, -0.2) is 4.98 Å². The number of rotatable bonds is 6. The smallest absolute Gasteiger partial charge is 0.417 e. The second-order valence-electron chi connectivity index (χ2n) is 8.16. The number of aliphatic hydroxyl groups is 1. The summed E-state index contributed by atoms with van der Waals surface area (Å²) in [6.45, 7) is 3.86. The normalized spacial score (nSPS) is 16.2. The van der Waals surface area contributed by atoms with E-state index in [0.717, 1.165) is 48.7 Å². The van der Waals surface area contributed by atoms with Crippen molar-refractivity contribution in [3.8, 4) is 16.9 Å². The maximum Gasteiger partial charge on any atom is 0.417 e. The first-order valence-corrected chi connectivity index (χ1v) is 11.0. The zero-order valence-corrected chi connectivity index (χ0v) is 18.6. The average molecular weight is 460 g/mol. The summed E-state index contributed by atoms with van der Waals surface area (Å²) in [7, 11) is 1.35. The molecule has 0 spiro atoms. The standard InChI is InChI=1S/C25H27F3N2O3/c1-3-33-24(31)16-10-12-30(13-11-16)23-9-5-18-14-17(4-8-22(18)29-23)20-7-6-19(32-2)15-21(20)25(26,27)28/h4-9,14-16,24,31H,3,10-13H2,1-2H3. The molecule has 0 radical (unpaired) electrons. The third-order valence-electron chi connectivity index (χ3n) is 6.12. The van der Waals surface area contributed by atoms with Crippen LogP contribution in [-0.2, 0) is 10.9 Å². The number of anilines is 1. The number of alkyl halides is 3. The molecule has 2 aromatic carbocycles. The Bertz CT molecular complexity index is 1110. The van der Waals surface area contributed by atoms with Gasteiger partial charge in [0.15, 0.2) is 6.29 Å². The quantitative estimate of drug-likeness (QED) is 0.493. The molecule has 1 saturated heterocycles. The Balaban J connectivity index is 1.57. The van der Waals surface area contributed by atoms with Crippen molar-refractivity contribution in [2.45, 2.75) is 32.2 Å². The van der Waals surface area contributed by atoms with Crippen LogP contribution in [0.5, 0.6) is 5.75 Å². The summed E-state index contributed by atoms with van der Waals surface area (Å²) in [6.07, 6.45) is -3.63. The number of methoxy groups -OCH3 is 1. The Morgan fingerprint density at radius 2 is 1.85 bits per heavy atom. The largest absolute Gasteiger partial charge is 0.497 e. The molecular formula is C25H27F3N2O3. The number of hydrogen-bond donors (Lipinski definition) is 1. The van der Waals surface area contributed by atoms with Crippen molar-refractivity contribution in [2.75, 3.05) is 31.7 Å². The van der Waals surface area contributed by atoms with Gasteiger partial charge in [0, 0.05) is 31.0 Å². The first kappa shape index (κ1) is 23.3. The molecule has 1 unspecified atom stereocenters. The summed E-state index contributed by atoms with van der Waals surface area (Å²) in [4.78, 5) is 6.89.